The van der Waals surface area contributed by atoms with E-state index in [1.165, 1.54) is 49.1 Å². The van der Waals surface area contributed by atoms with Crippen LogP contribution in [0.4, 0.5) is 0 Å². The van der Waals surface area contributed by atoms with E-state index in [4.69, 9.17) is 0 Å². The van der Waals surface area contributed by atoms with Gasteiger partial charge < -0.3 is 29.2 Å². The Kier molecular flexibility index (Phi) is 14.0. The van der Waals surface area contributed by atoms with Crippen molar-refractivity contribution in [2.45, 2.75) is 69.2 Å². The standard InChI is InChI=1S/C14H23P.C8H11N.C5H5.ClH.Fe.Pd/c1-3-11-5-9(1)7-13(11)15-14-8-10-2-4-12(14)6-10;1-9(2)7-8-5-3-4-6-8;1-2-4-5-3-1;;;/h9-15H,1-8H2;3-5H,7H2,1-2H3;1-5H;1H;;/q;-2;-1;;2*+2/p-1/t9-,10+,11+,12-,13?,14?;;;;;. The van der Waals surface area contributed by atoms with E-state index in [0.29, 0.717) is 0 Å². The molecule has 4 aliphatic carbocycles. The quantitative estimate of drug-likeness (QED) is 0.199. The summed E-state index contributed by atoms with van der Waals surface area (Å²) in [5, 5.41) is 0. The molecule has 2 aromatic rings. The average Bonchev–Trinajstić information content (AvgIpc) is 3.61. The average molecular weight is 606 g/mol. The number of rotatable bonds is 4. The molecule has 4 aliphatic rings. The van der Waals surface area contributed by atoms with E-state index < -0.39 is 0 Å². The van der Waals surface area contributed by atoms with Crippen molar-refractivity contribution in [3.63, 3.8) is 0 Å². The zero-order valence-corrected chi connectivity index (χ0v) is 23.9. The van der Waals surface area contributed by atoms with Crippen LogP contribution in [0.5, 0.6) is 0 Å². The first kappa shape index (κ1) is 28.8. The zero-order valence-electron chi connectivity index (χ0n) is 19.4. The van der Waals surface area contributed by atoms with Gasteiger partial charge in [0.05, 0.1) is 0 Å². The monoisotopic (exact) mass is 605 g/mol. The smallest absolute Gasteiger partial charge is 0.214 e. The van der Waals surface area contributed by atoms with E-state index in [9.17, 15) is 0 Å². The predicted molar refractivity (Wildman–Crippen MR) is 133 cm³/mol. The Morgan fingerprint density at radius 2 is 1.50 bits per heavy atom. The molecule has 6 rings (SSSR count). The summed E-state index contributed by atoms with van der Waals surface area (Å²) in [6.45, 7) is 0.993. The van der Waals surface area contributed by atoms with Crippen molar-refractivity contribution < 1.29 is 35.2 Å². The first-order valence-corrected chi connectivity index (χ1v) is 15.1. The summed E-state index contributed by atoms with van der Waals surface area (Å²) < 4.78 is 0. The first-order valence-electron chi connectivity index (χ1n) is 12.0. The van der Waals surface area contributed by atoms with E-state index in [0.717, 1.165) is 6.54 Å². The molecular weight excluding hydrogens is 567 g/mol. The van der Waals surface area contributed by atoms with Gasteiger partial charge in [0, 0.05) is 0 Å². The normalized spacial score (nSPS) is 31.4. The molecule has 1 nitrogen and oxygen atoms in total. The third kappa shape index (κ3) is 8.97. The molecule has 3 unspecified atom stereocenters. The van der Waals surface area contributed by atoms with E-state index in [2.05, 4.69) is 58.8 Å². The minimum Gasteiger partial charge on any atom is -0.214 e. The van der Waals surface area contributed by atoms with Crippen molar-refractivity contribution in [2.24, 2.45) is 23.7 Å². The maximum Gasteiger partial charge on any atom is 2.00 e. The molecule has 0 spiro atoms. The summed E-state index contributed by atoms with van der Waals surface area (Å²) in [6, 6.07) is 19.2. The Bertz CT molecular complexity index is 649. The molecule has 5 heteroatoms. The van der Waals surface area contributed by atoms with E-state index in [1.54, 1.807) is 51.4 Å². The molecule has 0 saturated heterocycles. The van der Waals surface area contributed by atoms with Crippen molar-refractivity contribution in [3.05, 3.63) is 60.2 Å². The summed E-state index contributed by atoms with van der Waals surface area (Å²) in [5.74, 6) is 4.72. The largest absolute Gasteiger partial charge is 2.00 e. The summed E-state index contributed by atoms with van der Waals surface area (Å²) in [4.78, 5) is 2.13. The summed E-state index contributed by atoms with van der Waals surface area (Å²) >= 11 is 2.22. The molecule has 4 saturated carbocycles. The topological polar surface area (TPSA) is 3.24 Å². The molecule has 4 bridgehead atoms. The van der Waals surface area contributed by atoms with Gasteiger partial charge in [-0.25, -0.2) is 12.1 Å². The Morgan fingerprint density at radius 3 is 1.81 bits per heavy atom. The molecule has 32 heavy (non-hydrogen) atoms. The van der Waals surface area contributed by atoms with Crippen LogP contribution in [0, 0.1) is 29.7 Å². The maximum absolute atomic E-state index is 4.49. The second kappa shape index (κ2) is 15.5. The van der Waals surface area contributed by atoms with Gasteiger partial charge >= 0.3 is 44.8 Å². The molecule has 182 valence electrons. The molecule has 7 atom stereocenters. The van der Waals surface area contributed by atoms with Gasteiger partial charge in [-0.15, -0.1) is 8.58 Å². The second-order valence-corrected chi connectivity index (χ2v) is 11.9. The van der Waals surface area contributed by atoms with Crippen LogP contribution in [0.2, 0.25) is 0 Å². The van der Waals surface area contributed by atoms with E-state index in [1.807, 2.05) is 42.5 Å². The van der Waals surface area contributed by atoms with Crippen LogP contribution >= 0.6 is 18.1 Å². The van der Waals surface area contributed by atoms with Crippen molar-refractivity contribution in [1.82, 2.24) is 4.90 Å². The summed E-state index contributed by atoms with van der Waals surface area (Å²) in [7, 11) is 9.98. The van der Waals surface area contributed by atoms with Crippen molar-refractivity contribution in [2.75, 3.05) is 14.1 Å². The number of hydrogen-bond acceptors (Lipinski definition) is 1. The molecule has 4 fully saturated rings. The fraction of sp³-hybridized carbons (Fsp3) is 0.630. The number of halogens is 1. The first-order chi connectivity index (χ1) is 15.2. The second-order valence-electron chi connectivity index (χ2n) is 10.1. The number of hydrogen-bond donors (Lipinski definition) is 0. The molecule has 0 radical (unpaired) electrons. The van der Waals surface area contributed by atoms with Crippen LogP contribution in [0.25, 0.3) is 0 Å². The van der Waals surface area contributed by atoms with Gasteiger partial charge in [0.15, 0.2) is 0 Å². The van der Waals surface area contributed by atoms with Gasteiger partial charge in [0.1, 0.15) is 0 Å². The minimum atomic E-state index is 0. The molecular formula is C27H39ClFeNPPd. The van der Waals surface area contributed by atoms with Gasteiger partial charge in [0.2, 0.25) is 0 Å². The third-order valence-corrected chi connectivity index (χ3v) is 9.88. The van der Waals surface area contributed by atoms with Gasteiger partial charge in [-0.3, -0.25) is 5.56 Å². The summed E-state index contributed by atoms with van der Waals surface area (Å²) in [5.41, 5.74) is 3.67. The summed E-state index contributed by atoms with van der Waals surface area (Å²) in [6.07, 6.45) is 12.9. The van der Waals surface area contributed by atoms with Crippen LogP contribution in [-0.4, -0.2) is 30.3 Å². The Morgan fingerprint density at radius 1 is 0.938 bits per heavy atom. The molecule has 0 aromatic heterocycles. The van der Waals surface area contributed by atoms with Crippen molar-refractivity contribution in [1.29, 1.82) is 0 Å². The Labute approximate surface area is 224 Å². The molecule has 2 aromatic carbocycles. The molecule has 0 heterocycles. The maximum atomic E-state index is 4.49. The molecule has 0 amide bonds. The van der Waals surface area contributed by atoms with Crippen LogP contribution in [0.1, 0.15) is 56.9 Å². The van der Waals surface area contributed by atoms with Crippen LogP contribution in [-0.2, 0) is 41.8 Å². The number of nitrogens with zero attached hydrogens (tertiary/aromatic N) is 1. The Hall–Kier alpha value is 0.562. The van der Waals surface area contributed by atoms with Crippen LogP contribution < -0.4 is 0 Å². The van der Waals surface area contributed by atoms with Crippen LogP contribution in [0.15, 0.2) is 48.5 Å². The van der Waals surface area contributed by atoms with Gasteiger partial charge in [-0.2, -0.15) is 18.2 Å². The van der Waals surface area contributed by atoms with E-state index in [-0.39, 0.29) is 17.1 Å². The minimum absolute atomic E-state index is 0. The Balaban J connectivity index is 0.000000184. The van der Waals surface area contributed by atoms with Crippen molar-refractivity contribution in [3.8, 4) is 0 Å². The fourth-order valence-corrected chi connectivity index (χ4v) is 8.94. The van der Waals surface area contributed by atoms with E-state index >= 15 is 0 Å². The predicted octanol–water partition coefficient (Wildman–Crippen LogP) is 7.40. The number of fused-ring (bicyclic) bond motifs is 4. The molecule has 0 aliphatic heterocycles. The fourth-order valence-electron chi connectivity index (χ4n) is 6.30. The van der Waals surface area contributed by atoms with Crippen molar-refractivity contribution >= 4 is 18.1 Å². The van der Waals surface area contributed by atoms with Gasteiger partial charge in [0.25, 0.3) is 0 Å². The molecule has 0 N–H and O–H groups in total. The van der Waals surface area contributed by atoms with Crippen LogP contribution in [0.3, 0.4) is 0 Å². The van der Waals surface area contributed by atoms with Gasteiger partial charge in [-0.05, 0) is 94.2 Å². The SMILES string of the molecule is C1C[C@@H]2C[C@H]1CC2PC1C[C@@H]2CC[C@H]1C2.CN(C)Cc1[c-]c[cH-]c1.[Cl][Pd+].[Fe+2].c1cc[cH-]c1. The third-order valence-electron chi connectivity index (χ3n) is 7.61. The van der Waals surface area contributed by atoms with Gasteiger partial charge in [-0.1, -0.05) is 12.8 Å². The zero-order chi connectivity index (χ0) is 22.1.